The summed E-state index contributed by atoms with van der Waals surface area (Å²) in [5.41, 5.74) is 3.14. The third-order valence-electron chi connectivity index (χ3n) is 4.96. The van der Waals surface area contributed by atoms with Gasteiger partial charge in [0.05, 0.1) is 11.6 Å². The van der Waals surface area contributed by atoms with E-state index >= 15 is 0 Å². The van der Waals surface area contributed by atoms with Gasteiger partial charge in [0.25, 0.3) is 0 Å². The second kappa shape index (κ2) is 9.01. The molecule has 0 radical (unpaired) electrons. The summed E-state index contributed by atoms with van der Waals surface area (Å²) in [6.45, 7) is 13.0. The highest BCUT2D eigenvalue weighted by atomic mass is 32.2. The molecule has 4 nitrogen and oxygen atoms in total. The lowest BCUT2D eigenvalue weighted by Crippen LogP contribution is -2.48. The molecular formula is C25H34N2O2S. The Morgan fingerprint density at radius 2 is 1.80 bits per heavy atom. The molecule has 0 aliphatic carbocycles. The van der Waals surface area contributed by atoms with Gasteiger partial charge in [0.1, 0.15) is 5.60 Å². The number of carbonyl (C=O) groups is 1. The summed E-state index contributed by atoms with van der Waals surface area (Å²) in [6, 6.07) is 14.7. The van der Waals surface area contributed by atoms with E-state index < -0.39 is 5.60 Å². The van der Waals surface area contributed by atoms with E-state index in [-0.39, 0.29) is 17.6 Å². The van der Waals surface area contributed by atoms with Crippen LogP contribution in [0, 0.1) is 5.41 Å². The van der Waals surface area contributed by atoms with E-state index in [2.05, 4.69) is 57.2 Å². The predicted molar refractivity (Wildman–Crippen MR) is 124 cm³/mol. The summed E-state index contributed by atoms with van der Waals surface area (Å²) in [5.74, 6) is 0.905. The topological polar surface area (TPSA) is 42.4 Å². The van der Waals surface area contributed by atoms with Crippen LogP contribution in [0.5, 0.6) is 0 Å². The summed E-state index contributed by atoms with van der Waals surface area (Å²) in [5, 5.41) is 1.04. The maximum absolute atomic E-state index is 12.9. The molecule has 5 heteroatoms. The summed E-state index contributed by atoms with van der Waals surface area (Å²) < 4.78 is 5.71. The van der Waals surface area contributed by atoms with Crippen molar-refractivity contribution >= 4 is 17.9 Å². The molecule has 0 saturated heterocycles. The van der Waals surface area contributed by atoms with Crippen molar-refractivity contribution in [3.05, 3.63) is 59.3 Å². The van der Waals surface area contributed by atoms with Gasteiger partial charge in [-0.25, -0.2) is 9.78 Å². The highest BCUT2D eigenvalue weighted by molar-refractivity contribution is 7.98. The maximum Gasteiger partial charge on any atom is 0.410 e. The van der Waals surface area contributed by atoms with Crippen LogP contribution in [0.1, 0.15) is 64.8 Å². The Morgan fingerprint density at radius 3 is 2.43 bits per heavy atom. The SMILES string of the molecule is CC(C)(C)CC1Cc2nc(SCc3ccccc3)ccc2CN1C(=O)OC(C)(C)C. The van der Waals surface area contributed by atoms with E-state index in [1.54, 1.807) is 11.8 Å². The molecule has 30 heavy (non-hydrogen) atoms. The van der Waals surface area contributed by atoms with Gasteiger partial charge in [-0.1, -0.05) is 57.2 Å². The molecule has 1 amide bonds. The van der Waals surface area contributed by atoms with Gasteiger partial charge in [0.15, 0.2) is 0 Å². The molecule has 1 aromatic carbocycles. The number of benzene rings is 1. The normalized spacial score (nSPS) is 16.9. The fourth-order valence-corrected chi connectivity index (χ4v) is 4.56. The van der Waals surface area contributed by atoms with Crippen molar-refractivity contribution in [3.8, 4) is 0 Å². The minimum atomic E-state index is -0.500. The van der Waals surface area contributed by atoms with Gasteiger partial charge in [-0.2, -0.15) is 0 Å². The summed E-state index contributed by atoms with van der Waals surface area (Å²) in [4.78, 5) is 19.8. The molecular weight excluding hydrogens is 392 g/mol. The van der Waals surface area contributed by atoms with Crippen molar-refractivity contribution in [2.24, 2.45) is 5.41 Å². The Labute approximate surface area is 185 Å². The molecule has 0 fully saturated rings. The van der Waals surface area contributed by atoms with Crippen molar-refractivity contribution < 1.29 is 9.53 Å². The Hall–Kier alpha value is -2.01. The third-order valence-corrected chi connectivity index (χ3v) is 5.96. The van der Waals surface area contributed by atoms with Gasteiger partial charge in [-0.3, -0.25) is 0 Å². The fraction of sp³-hybridized carbons (Fsp3) is 0.520. The molecule has 2 aromatic rings. The molecule has 1 unspecified atom stereocenters. The number of fused-ring (bicyclic) bond motifs is 1. The monoisotopic (exact) mass is 426 g/mol. The number of pyridine rings is 1. The highest BCUT2D eigenvalue weighted by Crippen LogP contribution is 2.33. The predicted octanol–water partition coefficient (Wildman–Crippen LogP) is 6.47. The number of thioether (sulfide) groups is 1. The highest BCUT2D eigenvalue weighted by Gasteiger charge is 2.35. The van der Waals surface area contributed by atoms with Gasteiger partial charge in [0.2, 0.25) is 0 Å². The minimum Gasteiger partial charge on any atom is -0.444 e. The number of hydrogen-bond acceptors (Lipinski definition) is 4. The van der Waals surface area contributed by atoms with E-state index in [4.69, 9.17) is 9.72 Å². The number of aromatic nitrogens is 1. The van der Waals surface area contributed by atoms with E-state index in [9.17, 15) is 4.79 Å². The smallest absolute Gasteiger partial charge is 0.410 e. The molecule has 2 heterocycles. The first kappa shape index (κ1) is 22.7. The molecule has 1 aromatic heterocycles. The van der Waals surface area contributed by atoms with Crippen LogP contribution in [-0.4, -0.2) is 27.6 Å². The van der Waals surface area contributed by atoms with Crippen LogP contribution in [0.15, 0.2) is 47.5 Å². The molecule has 1 aliphatic rings. The maximum atomic E-state index is 12.9. The Balaban J connectivity index is 1.78. The third kappa shape index (κ3) is 6.49. The molecule has 0 saturated carbocycles. The van der Waals surface area contributed by atoms with Gasteiger partial charge < -0.3 is 9.64 Å². The van der Waals surface area contributed by atoms with E-state index in [0.717, 1.165) is 34.9 Å². The van der Waals surface area contributed by atoms with Crippen LogP contribution in [-0.2, 0) is 23.5 Å². The second-order valence-corrected chi connectivity index (χ2v) is 11.3. The van der Waals surface area contributed by atoms with Crippen molar-refractivity contribution in [2.45, 2.75) is 83.4 Å². The Kier molecular flexibility index (Phi) is 6.81. The van der Waals surface area contributed by atoms with E-state index in [0.29, 0.717) is 6.54 Å². The summed E-state index contributed by atoms with van der Waals surface area (Å²) in [6.07, 6.45) is 1.45. The average molecular weight is 427 g/mol. The number of nitrogens with zero attached hydrogens (tertiary/aromatic N) is 2. The van der Waals surface area contributed by atoms with Gasteiger partial charge in [0, 0.05) is 23.9 Å². The zero-order chi connectivity index (χ0) is 21.9. The number of amides is 1. The van der Waals surface area contributed by atoms with Crippen molar-refractivity contribution in [2.75, 3.05) is 0 Å². The number of hydrogen-bond donors (Lipinski definition) is 0. The molecule has 1 atom stereocenters. The second-order valence-electron chi connectivity index (χ2n) is 10.3. The van der Waals surface area contributed by atoms with Crippen molar-refractivity contribution in [3.63, 3.8) is 0 Å². The fourth-order valence-electron chi connectivity index (χ4n) is 3.71. The summed E-state index contributed by atoms with van der Waals surface area (Å²) in [7, 11) is 0. The zero-order valence-corrected chi connectivity index (χ0v) is 19.9. The van der Waals surface area contributed by atoms with Crippen LogP contribution < -0.4 is 0 Å². The first-order valence-corrected chi connectivity index (χ1v) is 11.6. The van der Waals surface area contributed by atoms with E-state index in [1.165, 1.54) is 5.56 Å². The molecule has 162 valence electrons. The lowest BCUT2D eigenvalue weighted by atomic mass is 9.84. The number of carbonyl (C=O) groups excluding carboxylic acids is 1. The average Bonchev–Trinajstić information content (AvgIpc) is 2.64. The summed E-state index contributed by atoms with van der Waals surface area (Å²) >= 11 is 1.76. The van der Waals surface area contributed by atoms with Crippen LogP contribution in [0.2, 0.25) is 0 Å². The van der Waals surface area contributed by atoms with Crippen LogP contribution in [0.3, 0.4) is 0 Å². The zero-order valence-electron chi connectivity index (χ0n) is 19.1. The molecule has 0 bridgehead atoms. The molecule has 0 N–H and O–H groups in total. The lowest BCUT2D eigenvalue weighted by Gasteiger charge is -2.40. The lowest BCUT2D eigenvalue weighted by molar-refractivity contribution is 0.00718. The van der Waals surface area contributed by atoms with Crippen LogP contribution in [0.25, 0.3) is 0 Å². The Morgan fingerprint density at radius 1 is 1.10 bits per heavy atom. The number of rotatable bonds is 4. The Bertz CT molecular complexity index is 869. The first-order chi connectivity index (χ1) is 14.0. The number of ether oxygens (including phenoxy) is 1. The van der Waals surface area contributed by atoms with Crippen LogP contribution >= 0.6 is 11.8 Å². The minimum absolute atomic E-state index is 0.0919. The first-order valence-electron chi connectivity index (χ1n) is 10.7. The molecule has 0 spiro atoms. The largest absolute Gasteiger partial charge is 0.444 e. The molecule has 1 aliphatic heterocycles. The van der Waals surface area contributed by atoms with Crippen molar-refractivity contribution in [1.29, 1.82) is 0 Å². The van der Waals surface area contributed by atoms with Gasteiger partial charge >= 0.3 is 6.09 Å². The van der Waals surface area contributed by atoms with Gasteiger partial charge in [-0.15, -0.1) is 11.8 Å². The van der Waals surface area contributed by atoms with Crippen molar-refractivity contribution in [1.82, 2.24) is 9.88 Å². The van der Waals surface area contributed by atoms with Crippen LogP contribution in [0.4, 0.5) is 4.79 Å². The quantitative estimate of drug-likeness (QED) is 0.525. The van der Waals surface area contributed by atoms with Gasteiger partial charge in [-0.05, 0) is 49.8 Å². The standard InChI is InChI=1S/C25H34N2O2S/c1-24(2,3)15-20-14-21-19(16-27(20)23(28)29-25(4,5)6)12-13-22(26-21)30-17-18-10-8-7-9-11-18/h7-13,20H,14-17H2,1-6H3. The molecule has 3 rings (SSSR count). The van der Waals surface area contributed by atoms with E-state index in [1.807, 2.05) is 31.7 Å².